The van der Waals surface area contributed by atoms with Gasteiger partial charge in [-0.3, -0.25) is 0 Å². The molecule has 0 aliphatic carbocycles. The van der Waals surface area contributed by atoms with Crippen LogP contribution in [0.4, 0.5) is 11.4 Å². The van der Waals surface area contributed by atoms with Gasteiger partial charge in [0.05, 0.1) is 0 Å². The molecule has 0 unspecified atom stereocenters. The quantitative estimate of drug-likeness (QED) is 0.150. The van der Waals surface area contributed by atoms with Gasteiger partial charge in [0.2, 0.25) is 0 Å². The summed E-state index contributed by atoms with van der Waals surface area (Å²) >= 11 is 0. The van der Waals surface area contributed by atoms with Crippen LogP contribution in [-0.4, -0.2) is 0 Å². The Morgan fingerprint density at radius 1 is 0.240 bits per heavy atom. The lowest BCUT2D eigenvalue weighted by Crippen LogP contribution is -1.99. The third-order valence-electron chi connectivity index (χ3n) is 10.6. The van der Waals surface area contributed by atoms with Crippen LogP contribution in [-0.2, 0) is 0 Å². The maximum atomic E-state index is 7.27. The molecule has 0 aliphatic rings. The van der Waals surface area contributed by atoms with Crippen molar-refractivity contribution in [3.05, 3.63) is 170 Å². The topological polar surface area (TPSA) is 52.0 Å². The van der Waals surface area contributed by atoms with Crippen molar-refractivity contribution in [2.45, 2.75) is 0 Å². The first-order chi connectivity index (χ1) is 24.7. The van der Waals surface area contributed by atoms with E-state index in [0.717, 1.165) is 54.5 Å². The summed E-state index contributed by atoms with van der Waals surface area (Å²) in [4.78, 5) is 0. The number of hydrogen-bond acceptors (Lipinski definition) is 2. The standard InChI is InChI=1S/C48H32N2/c49-47-39-22-8-5-19-35(39)44(36-20-6-9-23-40(36)47)45-37-21-7-10-24-41(37)48(50)42-28-27-38(33-25-11-15-29-13-1-3-17-31(29)33)43(46(42)45)34-26-12-16-30-14-2-4-18-32(30)34/h1-28H,49-50H2. The molecule has 234 valence electrons. The zero-order valence-electron chi connectivity index (χ0n) is 27.3. The Bertz CT molecular complexity index is 2940. The van der Waals surface area contributed by atoms with Gasteiger partial charge in [0.15, 0.2) is 0 Å². The minimum absolute atomic E-state index is 0.786. The van der Waals surface area contributed by atoms with E-state index in [0.29, 0.717) is 0 Å². The molecule has 2 nitrogen and oxygen atoms in total. The molecule has 0 spiro atoms. The summed E-state index contributed by atoms with van der Waals surface area (Å²) in [6.45, 7) is 0. The van der Waals surface area contributed by atoms with Crippen molar-refractivity contribution < 1.29 is 0 Å². The monoisotopic (exact) mass is 636 g/mol. The second-order valence-corrected chi connectivity index (χ2v) is 13.2. The third-order valence-corrected chi connectivity index (χ3v) is 10.6. The highest BCUT2D eigenvalue weighted by atomic mass is 14.6. The number of rotatable bonds is 3. The molecule has 0 heterocycles. The highest BCUT2D eigenvalue weighted by molar-refractivity contribution is 6.32. The van der Waals surface area contributed by atoms with E-state index in [1.165, 1.54) is 54.9 Å². The van der Waals surface area contributed by atoms with Crippen molar-refractivity contribution >= 4 is 76.0 Å². The molecule has 0 aliphatic heterocycles. The Morgan fingerprint density at radius 2 is 0.640 bits per heavy atom. The van der Waals surface area contributed by atoms with E-state index in [-0.39, 0.29) is 0 Å². The molecule has 0 amide bonds. The molecular weight excluding hydrogens is 605 g/mol. The summed E-state index contributed by atoms with van der Waals surface area (Å²) in [6, 6.07) is 60.9. The van der Waals surface area contributed by atoms with Gasteiger partial charge in [-0.1, -0.05) is 170 Å². The molecule has 2 heteroatoms. The summed E-state index contributed by atoms with van der Waals surface area (Å²) in [6.07, 6.45) is 0. The first-order valence-electron chi connectivity index (χ1n) is 17.1. The second kappa shape index (κ2) is 10.9. The van der Waals surface area contributed by atoms with E-state index in [9.17, 15) is 0 Å². The number of benzene rings is 10. The van der Waals surface area contributed by atoms with Gasteiger partial charge in [0.25, 0.3) is 0 Å². The number of nitrogen functional groups attached to an aromatic ring is 2. The van der Waals surface area contributed by atoms with E-state index in [1.807, 2.05) is 0 Å². The van der Waals surface area contributed by atoms with Crippen LogP contribution in [0.2, 0.25) is 0 Å². The van der Waals surface area contributed by atoms with Gasteiger partial charge in [-0.05, 0) is 71.1 Å². The van der Waals surface area contributed by atoms with Crippen LogP contribution in [0.25, 0.3) is 98.0 Å². The zero-order chi connectivity index (χ0) is 33.3. The van der Waals surface area contributed by atoms with Gasteiger partial charge < -0.3 is 11.5 Å². The summed E-state index contributed by atoms with van der Waals surface area (Å²) < 4.78 is 0. The van der Waals surface area contributed by atoms with Gasteiger partial charge in [-0.2, -0.15) is 0 Å². The van der Waals surface area contributed by atoms with Gasteiger partial charge in [-0.15, -0.1) is 0 Å². The van der Waals surface area contributed by atoms with Gasteiger partial charge in [0.1, 0.15) is 0 Å². The Morgan fingerprint density at radius 3 is 1.20 bits per heavy atom. The average molecular weight is 637 g/mol. The maximum Gasteiger partial charge on any atom is 0.0474 e. The van der Waals surface area contributed by atoms with Crippen molar-refractivity contribution in [3.63, 3.8) is 0 Å². The molecular formula is C48H32N2. The molecule has 0 aromatic heterocycles. The molecule has 0 bridgehead atoms. The number of hydrogen-bond donors (Lipinski definition) is 2. The summed E-state index contributed by atoms with van der Waals surface area (Å²) in [5.41, 5.74) is 22.9. The lowest BCUT2D eigenvalue weighted by atomic mass is 9.79. The Hall–Kier alpha value is -6.64. The van der Waals surface area contributed by atoms with Gasteiger partial charge in [-0.25, -0.2) is 0 Å². The highest BCUT2D eigenvalue weighted by Crippen LogP contribution is 2.53. The Kier molecular flexibility index (Phi) is 6.21. The van der Waals surface area contributed by atoms with Crippen molar-refractivity contribution in [1.82, 2.24) is 0 Å². The lowest BCUT2D eigenvalue weighted by molar-refractivity contribution is 1.65. The van der Waals surface area contributed by atoms with E-state index >= 15 is 0 Å². The smallest absolute Gasteiger partial charge is 0.0474 e. The van der Waals surface area contributed by atoms with E-state index in [4.69, 9.17) is 11.5 Å². The van der Waals surface area contributed by atoms with Crippen LogP contribution in [0.15, 0.2) is 170 Å². The molecule has 0 saturated carbocycles. The summed E-state index contributed by atoms with van der Waals surface area (Å²) in [5, 5.41) is 13.5. The van der Waals surface area contributed by atoms with Crippen molar-refractivity contribution in [3.8, 4) is 33.4 Å². The van der Waals surface area contributed by atoms with E-state index < -0.39 is 0 Å². The highest BCUT2D eigenvalue weighted by Gasteiger charge is 2.25. The first-order valence-corrected chi connectivity index (χ1v) is 17.1. The van der Waals surface area contributed by atoms with Crippen LogP contribution in [0, 0.1) is 0 Å². The summed E-state index contributed by atoms with van der Waals surface area (Å²) in [7, 11) is 0. The molecule has 10 aromatic carbocycles. The van der Waals surface area contributed by atoms with Crippen molar-refractivity contribution in [2.75, 3.05) is 11.5 Å². The molecule has 0 fully saturated rings. The van der Waals surface area contributed by atoms with Crippen molar-refractivity contribution in [1.29, 1.82) is 0 Å². The normalized spacial score (nSPS) is 11.8. The minimum atomic E-state index is 0.786. The molecule has 4 N–H and O–H groups in total. The Balaban J connectivity index is 1.53. The zero-order valence-corrected chi connectivity index (χ0v) is 27.3. The lowest BCUT2D eigenvalue weighted by Gasteiger charge is -2.24. The van der Waals surface area contributed by atoms with Crippen LogP contribution < -0.4 is 11.5 Å². The molecule has 0 saturated heterocycles. The Labute approximate surface area is 289 Å². The van der Waals surface area contributed by atoms with Gasteiger partial charge in [0, 0.05) is 38.3 Å². The maximum absolute atomic E-state index is 7.27. The second-order valence-electron chi connectivity index (χ2n) is 13.2. The fraction of sp³-hybridized carbons (Fsp3) is 0. The van der Waals surface area contributed by atoms with Crippen LogP contribution in [0.3, 0.4) is 0 Å². The SMILES string of the molecule is Nc1c2ccccc2c(-c2c3ccccc3c(N)c3ccc(-c4cccc5ccccc45)c(-c4cccc5ccccc45)c23)c2ccccc12. The molecule has 50 heavy (non-hydrogen) atoms. The largest absolute Gasteiger partial charge is 0.398 e. The van der Waals surface area contributed by atoms with Crippen LogP contribution in [0.1, 0.15) is 0 Å². The number of anilines is 2. The molecule has 10 rings (SSSR count). The molecule has 0 radical (unpaired) electrons. The predicted molar refractivity (Wildman–Crippen MR) is 217 cm³/mol. The minimum Gasteiger partial charge on any atom is -0.398 e. The van der Waals surface area contributed by atoms with Crippen LogP contribution >= 0.6 is 0 Å². The number of fused-ring (bicyclic) bond motifs is 6. The van der Waals surface area contributed by atoms with E-state index in [2.05, 4.69) is 170 Å². The third kappa shape index (κ3) is 4.03. The fourth-order valence-corrected chi connectivity index (χ4v) is 8.40. The van der Waals surface area contributed by atoms with Crippen molar-refractivity contribution in [2.24, 2.45) is 0 Å². The first kappa shape index (κ1) is 28.4. The summed E-state index contributed by atoms with van der Waals surface area (Å²) in [5.74, 6) is 0. The van der Waals surface area contributed by atoms with E-state index in [1.54, 1.807) is 0 Å². The predicted octanol–water partition coefficient (Wildman–Crippen LogP) is 12.8. The fourth-order valence-electron chi connectivity index (χ4n) is 8.40. The van der Waals surface area contributed by atoms with Crippen LogP contribution in [0.5, 0.6) is 0 Å². The number of nitrogens with two attached hydrogens (primary N) is 2. The molecule has 10 aromatic rings. The average Bonchev–Trinajstić information content (AvgIpc) is 3.18. The molecule has 0 atom stereocenters. The van der Waals surface area contributed by atoms with Gasteiger partial charge >= 0.3 is 0 Å².